The summed E-state index contributed by atoms with van der Waals surface area (Å²) in [6.07, 6.45) is 10.4. The van der Waals surface area contributed by atoms with Gasteiger partial charge in [0.1, 0.15) is 17.4 Å². The number of fused-ring (bicyclic) bond motifs is 3. The molecule has 5 nitrogen and oxygen atoms in total. The van der Waals surface area contributed by atoms with Gasteiger partial charge in [0.2, 0.25) is 0 Å². The number of oxazole rings is 1. The van der Waals surface area contributed by atoms with Crippen molar-refractivity contribution in [2.75, 3.05) is 6.61 Å². The first-order valence-corrected chi connectivity index (χ1v) is 11.7. The minimum Gasteiger partial charge on any atom is -0.488 e. The molecule has 29 heavy (non-hydrogen) atoms. The first kappa shape index (κ1) is 19.1. The molecule has 2 aliphatic rings. The van der Waals surface area contributed by atoms with E-state index in [0.29, 0.717) is 5.75 Å². The van der Waals surface area contributed by atoms with Crippen molar-refractivity contribution >= 4 is 22.4 Å². The fourth-order valence-corrected chi connectivity index (χ4v) is 5.86. The van der Waals surface area contributed by atoms with Crippen LogP contribution in [0.1, 0.15) is 51.3 Å². The molecular formula is C23H28N2O3S. The first-order valence-electron chi connectivity index (χ1n) is 10.8. The number of benzene rings is 1. The standard InChI is InChI=1S/C23H28N2O3S/c1-14(26)13-27-19-6-5-18(23-24-8-9-29-23)22-21(19)25-20(28-22)7-4-17-11-15-2-3-16(10-15)12-17/h5-6,8-9,14-17,26H,2-4,7,10-13H2,1H3/t14-,15?,16?,17?/m1/s1. The molecule has 1 aromatic carbocycles. The summed E-state index contributed by atoms with van der Waals surface area (Å²) < 4.78 is 12.1. The molecule has 3 atom stereocenters. The third kappa shape index (κ3) is 4.05. The maximum atomic E-state index is 9.59. The van der Waals surface area contributed by atoms with Crippen molar-refractivity contribution in [1.82, 2.24) is 9.97 Å². The number of hydrogen-bond acceptors (Lipinski definition) is 6. The maximum Gasteiger partial charge on any atom is 0.195 e. The molecule has 3 aromatic rings. The van der Waals surface area contributed by atoms with E-state index in [9.17, 15) is 5.11 Å². The predicted octanol–water partition coefficient (Wildman–Crippen LogP) is 5.47. The molecule has 0 radical (unpaired) electrons. The van der Waals surface area contributed by atoms with E-state index in [0.717, 1.165) is 58.2 Å². The Hall–Kier alpha value is -1.92. The zero-order valence-corrected chi connectivity index (χ0v) is 17.7. The summed E-state index contributed by atoms with van der Waals surface area (Å²) in [6, 6.07) is 3.89. The summed E-state index contributed by atoms with van der Waals surface area (Å²) in [5, 5.41) is 12.5. The van der Waals surface area contributed by atoms with Crippen molar-refractivity contribution in [3.05, 3.63) is 29.6 Å². The lowest BCUT2D eigenvalue weighted by molar-refractivity contribution is 0.123. The number of aryl methyl sites for hydroxylation is 1. The molecule has 154 valence electrons. The van der Waals surface area contributed by atoms with Crippen molar-refractivity contribution in [2.45, 2.75) is 58.0 Å². The minimum atomic E-state index is -0.531. The molecule has 0 aliphatic heterocycles. The van der Waals surface area contributed by atoms with Crippen LogP contribution in [0.3, 0.4) is 0 Å². The minimum absolute atomic E-state index is 0.235. The van der Waals surface area contributed by atoms with Crippen LogP contribution in [0.25, 0.3) is 21.7 Å². The van der Waals surface area contributed by atoms with Crippen LogP contribution in [0.2, 0.25) is 0 Å². The second kappa shape index (κ2) is 8.07. The van der Waals surface area contributed by atoms with E-state index >= 15 is 0 Å². The molecule has 1 N–H and O–H groups in total. The summed E-state index contributed by atoms with van der Waals surface area (Å²) in [7, 11) is 0. The lowest BCUT2D eigenvalue weighted by Crippen LogP contribution is -2.16. The maximum absolute atomic E-state index is 9.59. The molecule has 2 saturated carbocycles. The second-order valence-corrected chi connectivity index (χ2v) is 9.71. The molecular weight excluding hydrogens is 384 g/mol. The smallest absolute Gasteiger partial charge is 0.195 e. The van der Waals surface area contributed by atoms with Crippen molar-refractivity contribution in [3.63, 3.8) is 0 Å². The van der Waals surface area contributed by atoms with Crippen LogP contribution in [0.5, 0.6) is 5.75 Å². The highest BCUT2D eigenvalue weighted by molar-refractivity contribution is 7.13. The van der Waals surface area contributed by atoms with Crippen molar-refractivity contribution in [3.8, 4) is 16.3 Å². The Bertz CT molecular complexity index is 954. The summed E-state index contributed by atoms with van der Waals surface area (Å²) in [4.78, 5) is 9.25. The van der Waals surface area contributed by atoms with Crippen LogP contribution in [-0.4, -0.2) is 27.8 Å². The van der Waals surface area contributed by atoms with E-state index in [-0.39, 0.29) is 6.61 Å². The van der Waals surface area contributed by atoms with Gasteiger partial charge < -0.3 is 14.3 Å². The SMILES string of the molecule is C[C@@H](O)COc1ccc(-c2nccs2)c2oc(CCC3CC4CCC(C3)C4)nc12. The van der Waals surface area contributed by atoms with Gasteiger partial charge in [-0.2, -0.15) is 0 Å². The number of hydrogen-bond donors (Lipinski definition) is 1. The Kier molecular flexibility index (Phi) is 5.31. The lowest BCUT2D eigenvalue weighted by Gasteiger charge is -2.27. The molecule has 0 spiro atoms. The van der Waals surface area contributed by atoms with Gasteiger partial charge in [0.15, 0.2) is 17.0 Å². The van der Waals surface area contributed by atoms with Crippen LogP contribution in [-0.2, 0) is 6.42 Å². The van der Waals surface area contributed by atoms with E-state index in [1.807, 2.05) is 17.5 Å². The largest absolute Gasteiger partial charge is 0.488 e. The molecule has 2 unspecified atom stereocenters. The van der Waals surface area contributed by atoms with Crippen molar-refractivity contribution < 1.29 is 14.3 Å². The number of rotatable bonds is 7. The number of aromatic nitrogens is 2. The molecule has 2 bridgehead atoms. The Morgan fingerprint density at radius 2 is 2.07 bits per heavy atom. The molecule has 2 fully saturated rings. The third-order valence-corrected chi connectivity index (χ3v) is 7.25. The second-order valence-electron chi connectivity index (χ2n) is 8.82. The quantitative estimate of drug-likeness (QED) is 0.557. The van der Waals surface area contributed by atoms with Crippen LogP contribution in [0.15, 0.2) is 28.1 Å². The number of thiazole rings is 1. The topological polar surface area (TPSA) is 68.4 Å². The van der Waals surface area contributed by atoms with Crippen molar-refractivity contribution in [1.29, 1.82) is 0 Å². The van der Waals surface area contributed by atoms with E-state index in [4.69, 9.17) is 14.1 Å². The zero-order chi connectivity index (χ0) is 19.8. The van der Waals surface area contributed by atoms with E-state index in [2.05, 4.69) is 4.98 Å². The van der Waals surface area contributed by atoms with Crippen LogP contribution in [0, 0.1) is 17.8 Å². The molecule has 2 aliphatic carbocycles. The molecule has 0 amide bonds. The fourth-order valence-electron chi connectivity index (χ4n) is 5.20. The summed E-state index contributed by atoms with van der Waals surface area (Å²) in [6.45, 7) is 1.95. The average Bonchev–Trinajstić information content (AvgIpc) is 3.44. The molecule has 2 heterocycles. The molecule has 5 rings (SSSR count). The van der Waals surface area contributed by atoms with Gasteiger partial charge in [0, 0.05) is 18.0 Å². The highest BCUT2D eigenvalue weighted by Crippen LogP contribution is 2.46. The Morgan fingerprint density at radius 1 is 1.24 bits per heavy atom. The monoisotopic (exact) mass is 412 g/mol. The normalized spacial score (nSPS) is 24.8. The molecule has 0 saturated heterocycles. The van der Waals surface area contributed by atoms with E-state index in [1.54, 1.807) is 24.5 Å². The average molecular weight is 413 g/mol. The van der Waals surface area contributed by atoms with Crippen molar-refractivity contribution in [2.24, 2.45) is 17.8 Å². The van der Waals surface area contributed by atoms with E-state index in [1.165, 1.54) is 32.1 Å². The zero-order valence-electron chi connectivity index (χ0n) is 16.8. The van der Waals surface area contributed by atoms with E-state index < -0.39 is 6.10 Å². The van der Waals surface area contributed by atoms with Gasteiger partial charge in [-0.25, -0.2) is 9.97 Å². The fraction of sp³-hybridized carbons (Fsp3) is 0.565. The van der Waals surface area contributed by atoms with Gasteiger partial charge in [-0.1, -0.05) is 12.8 Å². The predicted molar refractivity (Wildman–Crippen MR) is 114 cm³/mol. The summed E-state index contributed by atoms with van der Waals surface area (Å²) in [5.74, 6) is 4.16. The molecule has 6 heteroatoms. The Morgan fingerprint density at radius 3 is 2.79 bits per heavy atom. The summed E-state index contributed by atoms with van der Waals surface area (Å²) >= 11 is 1.59. The lowest BCUT2D eigenvalue weighted by atomic mass is 9.79. The number of aliphatic hydroxyl groups is 1. The van der Waals surface area contributed by atoms with Gasteiger partial charge >= 0.3 is 0 Å². The van der Waals surface area contributed by atoms with Gasteiger partial charge in [-0.3, -0.25) is 0 Å². The van der Waals surface area contributed by atoms with Crippen LogP contribution < -0.4 is 4.74 Å². The Balaban J connectivity index is 1.40. The Labute approximate surface area is 175 Å². The van der Waals surface area contributed by atoms with Gasteiger partial charge in [-0.05, 0) is 62.5 Å². The number of aliphatic hydroxyl groups excluding tert-OH is 1. The highest BCUT2D eigenvalue weighted by Gasteiger charge is 2.33. The van der Waals surface area contributed by atoms with Crippen LogP contribution in [0.4, 0.5) is 0 Å². The summed E-state index contributed by atoms with van der Waals surface area (Å²) in [5.41, 5.74) is 2.42. The first-order chi connectivity index (χ1) is 14.2. The van der Waals surface area contributed by atoms with Gasteiger partial charge in [-0.15, -0.1) is 11.3 Å². The van der Waals surface area contributed by atoms with Gasteiger partial charge in [0.25, 0.3) is 0 Å². The van der Waals surface area contributed by atoms with Gasteiger partial charge in [0.05, 0.1) is 11.7 Å². The highest BCUT2D eigenvalue weighted by atomic mass is 32.1. The molecule has 2 aromatic heterocycles. The number of ether oxygens (including phenoxy) is 1. The number of nitrogens with zero attached hydrogens (tertiary/aromatic N) is 2. The third-order valence-electron chi connectivity index (χ3n) is 6.44. The van der Waals surface area contributed by atoms with Crippen LogP contribution >= 0.6 is 11.3 Å².